The van der Waals surface area contributed by atoms with Gasteiger partial charge in [0.1, 0.15) is 4.67 Å². The summed E-state index contributed by atoms with van der Waals surface area (Å²) >= 11 is 1.45. The first kappa shape index (κ1) is 10.1. The van der Waals surface area contributed by atoms with Crippen molar-refractivity contribution >= 4 is 23.3 Å². The van der Waals surface area contributed by atoms with E-state index in [9.17, 15) is 4.79 Å². The zero-order chi connectivity index (χ0) is 10.8. The van der Waals surface area contributed by atoms with Crippen LogP contribution in [0.1, 0.15) is 9.67 Å². The van der Waals surface area contributed by atoms with Crippen molar-refractivity contribution in [3.05, 3.63) is 33.0 Å². The molecule has 2 heterocycles. The highest BCUT2D eigenvalue weighted by molar-refractivity contribution is 7.11. The highest BCUT2D eigenvalue weighted by Crippen LogP contribution is 2.04. The van der Waals surface area contributed by atoms with Crippen molar-refractivity contribution in [3.63, 3.8) is 0 Å². The molecule has 0 aliphatic carbocycles. The van der Waals surface area contributed by atoms with Crippen LogP contribution in [0.25, 0.3) is 5.70 Å². The number of fused-ring (bicyclic) bond motifs is 1. The Morgan fingerprint density at radius 2 is 2.33 bits per heavy atom. The van der Waals surface area contributed by atoms with Crippen molar-refractivity contribution in [1.82, 2.24) is 4.90 Å². The van der Waals surface area contributed by atoms with Crippen LogP contribution in [0.3, 0.4) is 0 Å². The molecule has 1 aromatic rings. The molecule has 0 amide bonds. The third-order valence-corrected chi connectivity index (χ3v) is 3.21. The standard InChI is InChI=1S/C11H12N2OS/c1-13(2)10-4-3-5-12-11-9(10)6-8(7-14)15-11/h3-4,6-7H,5H2,1-2H3. The van der Waals surface area contributed by atoms with Gasteiger partial charge < -0.3 is 4.90 Å². The molecule has 0 radical (unpaired) electrons. The molecule has 78 valence electrons. The minimum Gasteiger partial charge on any atom is -0.377 e. The number of carbonyl (C=O) groups is 1. The smallest absolute Gasteiger partial charge is 0.160 e. The molecule has 0 aromatic carbocycles. The van der Waals surface area contributed by atoms with E-state index in [1.165, 1.54) is 11.3 Å². The average Bonchev–Trinajstić information content (AvgIpc) is 2.51. The van der Waals surface area contributed by atoms with Gasteiger partial charge in [-0.1, -0.05) is 6.08 Å². The van der Waals surface area contributed by atoms with Crippen LogP contribution in [0.5, 0.6) is 0 Å². The molecule has 4 heteroatoms. The Morgan fingerprint density at radius 1 is 1.53 bits per heavy atom. The van der Waals surface area contributed by atoms with Gasteiger partial charge >= 0.3 is 0 Å². The Hall–Kier alpha value is -1.42. The van der Waals surface area contributed by atoms with E-state index in [4.69, 9.17) is 0 Å². The van der Waals surface area contributed by atoms with Crippen LogP contribution in [0.15, 0.2) is 23.2 Å². The molecule has 0 saturated heterocycles. The van der Waals surface area contributed by atoms with Gasteiger partial charge in [-0.25, -0.2) is 0 Å². The van der Waals surface area contributed by atoms with E-state index in [0.717, 1.165) is 26.7 Å². The van der Waals surface area contributed by atoms with Crippen molar-refractivity contribution < 1.29 is 4.79 Å². The number of aldehydes is 1. The third kappa shape index (κ3) is 1.85. The first-order chi connectivity index (χ1) is 7.22. The minimum atomic E-state index is 0.684. The molecule has 0 saturated carbocycles. The number of hydrogen-bond donors (Lipinski definition) is 0. The second-order valence-electron chi connectivity index (χ2n) is 3.51. The number of hydrogen-bond acceptors (Lipinski definition) is 4. The van der Waals surface area contributed by atoms with Gasteiger partial charge in [-0.05, 0) is 12.1 Å². The second-order valence-corrected chi connectivity index (χ2v) is 4.57. The molecule has 1 aliphatic heterocycles. The van der Waals surface area contributed by atoms with Gasteiger partial charge in [0, 0.05) is 25.0 Å². The predicted octanol–water partition coefficient (Wildman–Crippen LogP) is 0.420. The Kier molecular flexibility index (Phi) is 2.68. The maximum absolute atomic E-state index is 10.7. The monoisotopic (exact) mass is 220 g/mol. The quantitative estimate of drug-likeness (QED) is 0.677. The molecule has 1 aliphatic rings. The maximum atomic E-state index is 10.7. The lowest BCUT2D eigenvalue weighted by molar-refractivity contribution is 0.112. The molecule has 0 N–H and O–H groups in total. The lowest BCUT2D eigenvalue weighted by Gasteiger charge is -2.12. The summed E-state index contributed by atoms with van der Waals surface area (Å²) in [5.74, 6) is 0. The van der Waals surface area contributed by atoms with Gasteiger partial charge in [-0.2, -0.15) is 0 Å². The van der Waals surface area contributed by atoms with Gasteiger partial charge in [-0.15, -0.1) is 11.3 Å². The number of thiophene rings is 1. The van der Waals surface area contributed by atoms with E-state index >= 15 is 0 Å². The Bertz CT molecular complexity index is 525. The largest absolute Gasteiger partial charge is 0.377 e. The van der Waals surface area contributed by atoms with Crippen LogP contribution in [-0.4, -0.2) is 31.8 Å². The number of rotatable bonds is 2. The Balaban J connectivity index is 2.79. The zero-order valence-electron chi connectivity index (χ0n) is 8.73. The van der Waals surface area contributed by atoms with Crippen molar-refractivity contribution in [3.8, 4) is 0 Å². The lowest BCUT2D eigenvalue weighted by Crippen LogP contribution is -2.26. The molecule has 15 heavy (non-hydrogen) atoms. The van der Waals surface area contributed by atoms with Gasteiger partial charge in [-0.3, -0.25) is 9.79 Å². The third-order valence-electron chi connectivity index (χ3n) is 2.22. The molecule has 0 atom stereocenters. The molecule has 0 bridgehead atoms. The summed E-state index contributed by atoms with van der Waals surface area (Å²) in [5.41, 5.74) is 1.11. The van der Waals surface area contributed by atoms with Crippen LogP contribution in [0.4, 0.5) is 0 Å². The van der Waals surface area contributed by atoms with Crippen molar-refractivity contribution in [2.24, 2.45) is 4.99 Å². The number of nitrogens with zero attached hydrogens (tertiary/aromatic N) is 2. The molecular formula is C11H12N2OS. The van der Waals surface area contributed by atoms with Gasteiger partial charge in [0.15, 0.2) is 6.29 Å². The van der Waals surface area contributed by atoms with Gasteiger partial charge in [0.25, 0.3) is 0 Å². The van der Waals surface area contributed by atoms with Crippen LogP contribution in [-0.2, 0) is 0 Å². The van der Waals surface area contributed by atoms with E-state index in [2.05, 4.69) is 11.1 Å². The summed E-state index contributed by atoms with van der Waals surface area (Å²) in [6, 6.07) is 1.90. The van der Waals surface area contributed by atoms with E-state index in [-0.39, 0.29) is 0 Å². The van der Waals surface area contributed by atoms with E-state index in [1.54, 1.807) is 0 Å². The Morgan fingerprint density at radius 3 is 3.00 bits per heavy atom. The van der Waals surface area contributed by atoms with Crippen molar-refractivity contribution in [2.45, 2.75) is 0 Å². The van der Waals surface area contributed by atoms with Gasteiger partial charge in [0.05, 0.1) is 11.4 Å². The maximum Gasteiger partial charge on any atom is 0.160 e. The predicted molar refractivity (Wildman–Crippen MR) is 61.6 cm³/mol. The summed E-state index contributed by atoms with van der Waals surface area (Å²) in [5, 5.41) is 1.06. The Labute approximate surface area is 92.1 Å². The van der Waals surface area contributed by atoms with E-state index < -0.39 is 0 Å². The second kappa shape index (κ2) is 3.98. The summed E-state index contributed by atoms with van der Waals surface area (Å²) < 4.78 is 0.950. The topological polar surface area (TPSA) is 32.7 Å². The molecular weight excluding hydrogens is 208 g/mol. The fourth-order valence-electron chi connectivity index (χ4n) is 1.54. The summed E-state index contributed by atoms with van der Waals surface area (Å²) in [7, 11) is 3.99. The average molecular weight is 220 g/mol. The summed E-state index contributed by atoms with van der Waals surface area (Å²) in [6.45, 7) is 0.684. The minimum absolute atomic E-state index is 0.684. The number of carbonyl (C=O) groups excluding carboxylic acids is 1. The molecule has 2 rings (SSSR count). The fourth-order valence-corrected chi connectivity index (χ4v) is 2.40. The van der Waals surface area contributed by atoms with Crippen LogP contribution in [0, 0.1) is 0 Å². The molecule has 0 spiro atoms. The van der Waals surface area contributed by atoms with Crippen LogP contribution in [0.2, 0.25) is 0 Å². The van der Waals surface area contributed by atoms with Crippen molar-refractivity contribution in [1.29, 1.82) is 0 Å². The van der Waals surface area contributed by atoms with Crippen LogP contribution < -0.4 is 9.89 Å². The summed E-state index contributed by atoms with van der Waals surface area (Å²) in [6.07, 6.45) is 4.96. The first-order valence-electron chi connectivity index (χ1n) is 4.70. The zero-order valence-corrected chi connectivity index (χ0v) is 9.54. The SMILES string of the molecule is CN(C)C1=c2cc(C=O)sc2=NCC=C1. The number of likely N-dealkylation sites (N-methyl/N-ethyl adjacent to an activating group) is 1. The summed E-state index contributed by atoms with van der Waals surface area (Å²) in [4.78, 5) is 17.9. The lowest BCUT2D eigenvalue weighted by atomic mass is 10.3. The molecule has 1 aromatic heterocycles. The first-order valence-corrected chi connectivity index (χ1v) is 5.51. The van der Waals surface area contributed by atoms with Crippen molar-refractivity contribution in [2.75, 3.05) is 20.6 Å². The highest BCUT2D eigenvalue weighted by Gasteiger charge is 2.05. The molecule has 0 unspecified atom stereocenters. The van der Waals surface area contributed by atoms with Crippen LogP contribution >= 0.6 is 11.3 Å². The fraction of sp³-hybridized carbons (Fsp3) is 0.273. The molecule has 0 fully saturated rings. The molecule has 3 nitrogen and oxygen atoms in total. The van der Waals surface area contributed by atoms with Gasteiger partial charge in [0.2, 0.25) is 0 Å². The normalized spacial score (nSPS) is 14.1. The van der Waals surface area contributed by atoms with E-state index in [1.807, 2.05) is 31.1 Å². The van der Waals surface area contributed by atoms with E-state index in [0.29, 0.717) is 6.54 Å². The highest BCUT2D eigenvalue weighted by atomic mass is 32.1.